The summed E-state index contributed by atoms with van der Waals surface area (Å²) in [6.45, 7) is 2.61. The minimum atomic E-state index is -0.433. The maximum Gasteiger partial charge on any atom is 0.115 e. The highest BCUT2D eigenvalue weighted by molar-refractivity contribution is 5.40. The Kier molecular flexibility index (Phi) is 5.00. The summed E-state index contributed by atoms with van der Waals surface area (Å²) in [5.74, 6) is 2.43. The van der Waals surface area contributed by atoms with Gasteiger partial charge in [-0.15, -0.1) is 0 Å². The van der Waals surface area contributed by atoms with Gasteiger partial charge in [0, 0.05) is 6.61 Å². The van der Waals surface area contributed by atoms with Crippen LogP contribution in [0.3, 0.4) is 0 Å². The summed E-state index contributed by atoms with van der Waals surface area (Å²) >= 11 is 0. The van der Waals surface area contributed by atoms with Crippen LogP contribution in [0.2, 0.25) is 0 Å². The van der Waals surface area contributed by atoms with E-state index in [-0.39, 0.29) is 18.1 Å². The van der Waals surface area contributed by atoms with Crippen molar-refractivity contribution >= 4 is 0 Å². The topological polar surface area (TPSA) is 49.7 Å². The Morgan fingerprint density at radius 3 is 2.88 bits per heavy atom. The Balaban J connectivity index is 1.65. The van der Waals surface area contributed by atoms with Crippen molar-refractivity contribution in [1.82, 2.24) is 0 Å². The minimum absolute atomic E-state index is 0.000343. The van der Waals surface area contributed by atoms with Crippen LogP contribution in [0, 0.1) is 23.2 Å². The third-order valence-corrected chi connectivity index (χ3v) is 7.63. The Bertz CT molecular complexity index is 648. The highest BCUT2D eigenvalue weighted by Gasteiger charge is 2.57. The number of hydrogen-bond donors (Lipinski definition) is 2. The molecule has 0 amide bonds. The van der Waals surface area contributed by atoms with Gasteiger partial charge in [0.15, 0.2) is 0 Å². The molecule has 0 saturated heterocycles. The largest absolute Gasteiger partial charge is 0.508 e. The number of aliphatic hydroxyl groups excluding tert-OH is 1. The Morgan fingerprint density at radius 2 is 2.08 bits per heavy atom. The zero-order valence-electron chi connectivity index (χ0n) is 15.7. The van der Waals surface area contributed by atoms with Crippen molar-refractivity contribution in [1.29, 1.82) is 0 Å². The molecule has 2 fully saturated rings. The molecule has 4 rings (SSSR count). The van der Waals surface area contributed by atoms with Crippen LogP contribution in [-0.4, -0.2) is 36.2 Å². The van der Waals surface area contributed by atoms with E-state index in [9.17, 15) is 14.6 Å². The molecule has 4 heteroatoms. The monoisotopic (exact) mass is 362 g/mol. The van der Waals surface area contributed by atoms with E-state index < -0.39 is 6.67 Å². The van der Waals surface area contributed by atoms with Crippen molar-refractivity contribution in [2.45, 2.75) is 57.5 Å². The molecule has 3 aliphatic carbocycles. The van der Waals surface area contributed by atoms with Crippen LogP contribution in [-0.2, 0) is 11.2 Å². The van der Waals surface area contributed by atoms with Gasteiger partial charge in [-0.2, -0.15) is 0 Å². The molecule has 26 heavy (non-hydrogen) atoms. The van der Waals surface area contributed by atoms with E-state index >= 15 is 0 Å². The van der Waals surface area contributed by atoms with Gasteiger partial charge < -0.3 is 14.9 Å². The summed E-state index contributed by atoms with van der Waals surface area (Å²) in [6.07, 6.45) is 5.91. The molecule has 0 aliphatic heterocycles. The lowest BCUT2D eigenvalue weighted by Gasteiger charge is -2.54. The van der Waals surface area contributed by atoms with Gasteiger partial charge in [0.1, 0.15) is 12.4 Å². The third kappa shape index (κ3) is 2.95. The fourth-order valence-corrected chi connectivity index (χ4v) is 6.52. The molecular weight excluding hydrogens is 331 g/mol. The van der Waals surface area contributed by atoms with Crippen LogP contribution in [0.5, 0.6) is 5.75 Å². The number of phenols is 1. The minimum Gasteiger partial charge on any atom is -0.508 e. The van der Waals surface area contributed by atoms with Gasteiger partial charge >= 0.3 is 0 Å². The number of ether oxygens (including phenoxy) is 1. The Hall–Kier alpha value is -1.13. The Morgan fingerprint density at radius 1 is 1.23 bits per heavy atom. The molecule has 2 saturated carbocycles. The zero-order valence-corrected chi connectivity index (χ0v) is 15.7. The van der Waals surface area contributed by atoms with Crippen LogP contribution >= 0.6 is 0 Å². The van der Waals surface area contributed by atoms with E-state index in [1.807, 2.05) is 12.1 Å². The number of halogens is 1. The van der Waals surface area contributed by atoms with E-state index in [4.69, 9.17) is 4.74 Å². The maximum atomic E-state index is 12.4. The van der Waals surface area contributed by atoms with Gasteiger partial charge in [0.2, 0.25) is 0 Å². The number of alkyl halides is 1. The number of fused-ring (bicyclic) bond motifs is 5. The standard InChI is InChI=1S/C22H31FO3/c1-22-13-15(8-10-26-11-9-23)21-17-5-3-16(24)12-14(17)2-4-18(21)19(22)6-7-20(22)25/h3,5,12,15,18-21,24-25H,2,4,6-11,13H2,1H3/t15-,18-,19-,20-,21+,22-/m0/s1. The lowest BCUT2D eigenvalue weighted by atomic mass is 9.51. The van der Waals surface area contributed by atoms with Gasteiger partial charge in [-0.1, -0.05) is 13.0 Å². The number of phenolic OH excluding ortho intramolecular Hbond substituents is 1. The SMILES string of the molecule is C[C@]12C[C@H](CCOCCF)[C@@H]3c4ccc(O)cc4CC[C@H]3[C@@H]1CC[C@@H]2O. The fraction of sp³-hybridized carbons (Fsp3) is 0.727. The van der Waals surface area contributed by atoms with Gasteiger partial charge in [-0.3, -0.25) is 0 Å². The number of aryl methyl sites for hydroxylation is 1. The van der Waals surface area contributed by atoms with Crippen LogP contribution in [0.25, 0.3) is 0 Å². The molecule has 0 heterocycles. The van der Waals surface area contributed by atoms with E-state index in [0.717, 1.165) is 38.5 Å². The summed E-state index contributed by atoms with van der Waals surface area (Å²) in [4.78, 5) is 0. The number of aromatic hydroxyl groups is 1. The smallest absolute Gasteiger partial charge is 0.115 e. The van der Waals surface area contributed by atoms with Crippen molar-refractivity contribution in [3.63, 3.8) is 0 Å². The Labute approximate surface area is 155 Å². The molecule has 0 radical (unpaired) electrons. The van der Waals surface area contributed by atoms with E-state index in [1.54, 1.807) is 0 Å². The first kappa shape index (κ1) is 18.2. The second kappa shape index (κ2) is 7.12. The average Bonchev–Trinajstić information content (AvgIpc) is 2.93. The number of hydrogen-bond acceptors (Lipinski definition) is 3. The molecule has 1 aromatic carbocycles. The van der Waals surface area contributed by atoms with Gasteiger partial charge in [-0.05, 0) is 90.9 Å². The maximum absolute atomic E-state index is 12.4. The van der Waals surface area contributed by atoms with Crippen LogP contribution in [0.15, 0.2) is 18.2 Å². The molecule has 2 N–H and O–H groups in total. The quantitative estimate of drug-likeness (QED) is 0.772. The predicted molar refractivity (Wildman–Crippen MR) is 99.0 cm³/mol. The molecule has 0 aromatic heterocycles. The molecule has 0 bridgehead atoms. The molecule has 3 aliphatic rings. The molecule has 1 aromatic rings. The molecule has 144 valence electrons. The summed E-state index contributed by atoms with van der Waals surface area (Å²) in [5, 5.41) is 20.6. The van der Waals surface area contributed by atoms with Gasteiger partial charge in [0.05, 0.1) is 12.7 Å². The first-order chi connectivity index (χ1) is 12.5. The summed E-state index contributed by atoms with van der Waals surface area (Å²) in [5.41, 5.74) is 2.67. The van der Waals surface area contributed by atoms with Gasteiger partial charge in [0.25, 0.3) is 0 Å². The average molecular weight is 362 g/mol. The predicted octanol–water partition coefficient (Wildman–Crippen LogP) is 4.21. The first-order valence-electron chi connectivity index (χ1n) is 10.2. The van der Waals surface area contributed by atoms with E-state index in [0.29, 0.717) is 36.0 Å². The fourth-order valence-electron chi connectivity index (χ4n) is 6.52. The lowest BCUT2D eigenvalue weighted by molar-refractivity contribution is -0.0546. The molecular formula is C22H31FO3. The van der Waals surface area contributed by atoms with Crippen molar-refractivity contribution in [3.05, 3.63) is 29.3 Å². The van der Waals surface area contributed by atoms with Crippen LogP contribution < -0.4 is 0 Å². The first-order valence-corrected chi connectivity index (χ1v) is 10.2. The van der Waals surface area contributed by atoms with Crippen molar-refractivity contribution in [3.8, 4) is 5.75 Å². The summed E-state index contributed by atoms with van der Waals surface area (Å²) in [6, 6.07) is 5.86. The summed E-state index contributed by atoms with van der Waals surface area (Å²) in [7, 11) is 0. The lowest BCUT2D eigenvalue weighted by Crippen LogP contribution is -2.48. The zero-order chi connectivity index (χ0) is 18.3. The highest BCUT2D eigenvalue weighted by Crippen LogP contribution is 2.63. The van der Waals surface area contributed by atoms with Crippen LogP contribution in [0.4, 0.5) is 4.39 Å². The second-order valence-electron chi connectivity index (χ2n) is 8.87. The third-order valence-electron chi connectivity index (χ3n) is 7.63. The number of benzene rings is 1. The number of rotatable bonds is 5. The van der Waals surface area contributed by atoms with Crippen LogP contribution in [0.1, 0.15) is 56.1 Å². The second-order valence-corrected chi connectivity index (χ2v) is 8.87. The number of aliphatic hydroxyl groups is 1. The van der Waals surface area contributed by atoms with Crippen molar-refractivity contribution in [2.75, 3.05) is 19.9 Å². The van der Waals surface area contributed by atoms with E-state index in [2.05, 4.69) is 13.0 Å². The van der Waals surface area contributed by atoms with E-state index in [1.165, 1.54) is 11.1 Å². The van der Waals surface area contributed by atoms with Crippen molar-refractivity contribution < 1.29 is 19.3 Å². The molecule has 0 unspecified atom stereocenters. The normalized spacial score (nSPS) is 38.5. The highest BCUT2D eigenvalue weighted by atomic mass is 19.1. The van der Waals surface area contributed by atoms with Gasteiger partial charge in [-0.25, -0.2) is 4.39 Å². The van der Waals surface area contributed by atoms with Crippen molar-refractivity contribution in [2.24, 2.45) is 23.2 Å². The molecule has 3 nitrogen and oxygen atoms in total. The molecule has 6 atom stereocenters. The summed E-state index contributed by atoms with van der Waals surface area (Å²) < 4.78 is 17.8. The molecule has 0 spiro atoms.